The third-order valence-electron chi connectivity index (χ3n) is 5.93. The van der Waals surface area contributed by atoms with Crippen LogP contribution in [0, 0.1) is 0 Å². The van der Waals surface area contributed by atoms with Crippen molar-refractivity contribution in [1.29, 1.82) is 0 Å². The first-order valence-corrected chi connectivity index (χ1v) is 14.9. The lowest BCUT2D eigenvalue weighted by atomic mass is 9.89. The van der Waals surface area contributed by atoms with Crippen molar-refractivity contribution in [3.63, 3.8) is 0 Å². The number of rotatable bonds is 13. The van der Waals surface area contributed by atoms with E-state index in [-0.39, 0.29) is 36.0 Å². The minimum absolute atomic E-state index is 0.0431. The van der Waals surface area contributed by atoms with Gasteiger partial charge in [0.25, 0.3) is 0 Å². The van der Waals surface area contributed by atoms with Crippen LogP contribution in [-0.4, -0.2) is 32.3 Å². The summed E-state index contributed by atoms with van der Waals surface area (Å²) in [6.07, 6.45) is 0.665. The van der Waals surface area contributed by atoms with Crippen molar-refractivity contribution in [3.05, 3.63) is 124 Å². The average molecular weight is 583 g/mol. The summed E-state index contributed by atoms with van der Waals surface area (Å²) in [5, 5.41) is 1.81. The zero-order chi connectivity index (χ0) is 27.7. The molecular weight excluding hydrogens is 556 g/mol. The maximum Gasteiger partial charge on any atom is 0.390 e. The molecule has 0 atom stereocenters. The SMILES string of the molecule is O=CC(=O)ON(Cc1cccc(Cl)c1)Cc1ccc(S(=O)(=O)NCCC(c2ccccc2)c2ccccc2)s1. The van der Waals surface area contributed by atoms with E-state index in [0.29, 0.717) is 16.3 Å². The van der Waals surface area contributed by atoms with Gasteiger partial charge in [0.15, 0.2) is 0 Å². The second kappa shape index (κ2) is 13.6. The van der Waals surface area contributed by atoms with Crippen LogP contribution in [0.3, 0.4) is 0 Å². The van der Waals surface area contributed by atoms with Gasteiger partial charge in [0, 0.05) is 22.4 Å². The van der Waals surface area contributed by atoms with Crippen molar-refractivity contribution in [3.8, 4) is 0 Å². The van der Waals surface area contributed by atoms with Crippen LogP contribution in [0.15, 0.2) is 101 Å². The van der Waals surface area contributed by atoms with Crippen molar-refractivity contribution in [2.75, 3.05) is 6.54 Å². The molecule has 3 aromatic carbocycles. The molecular formula is C29H27ClN2O5S2. The summed E-state index contributed by atoms with van der Waals surface area (Å²) in [5.41, 5.74) is 3.00. The standard InChI is InChI=1S/C29H27ClN2O5S2/c30-25-13-7-8-22(18-25)19-32(37-28(34)21-33)20-26-14-15-29(38-26)39(35,36)31-17-16-27(23-9-3-1-4-10-23)24-11-5-2-6-12-24/h1-15,18,21,27,31H,16-17,19-20H2. The van der Waals surface area contributed by atoms with Gasteiger partial charge in [-0.2, -0.15) is 0 Å². The number of hydroxylamine groups is 2. The Labute approximate surface area is 237 Å². The van der Waals surface area contributed by atoms with Crippen molar-refractivity contribution in [2.24, 2.45) is 0 Å². The highest BCUT2D eigenvalue weighted by molar-refractivity contribution is 7.91. The van der Waals surface area contributed by atoms with Gasteiger partial charge in [-0.3, -0.25) is 4.79 Å². The zero-order valence-electron chi connectivity index (χ0n) is 20.9. The summed E-state index contributed by atoms with van der Waals surface area (Å²) in [6.45, 7) is 0.511. The lowest BCUT2D eigenvalue weighted by Gasteiger charge is -2.19. The molecule has 0 amide bonds. The van der Waals surface area contributed by atoms with E-state index in [4.69, 9.17) is 16.4 Å². The van der Waals surface area contributed by atoms with E-state index in [1.165, 1.54) is 11.1 Å². The third-order valence-corrected chi connectivity index (χ3v) is 9.18. The number of hydrogen-bond acceptors (Lipinski definition) is 7. The summed E-state index contributed by atoms with van der Waals surface area (Å²) in [7, 11) is -3.76. The molecule has 0 unspecified atom stereocenters. The summed E-state index contributed by atoms with van der Waals surface area (Å²) in [4.78, 5) is 28.3. The molecule has 4 rings (SSSR count). The summed E-state index contributed by atoms with van der Waals surface area (Å²) < 4.78 is 29.0. The Balaban J connectivity index is 1.42. The summed E-state index contributed by atoms with van der Waals surface area (Å²) >= 11 is 7.12. The molecule has 0 fully saturated rings. The highest BCUT2D eigenvalue weighted by atomic mass is 35.5. The second-order valence-corrected chi connectivity index (χ2v) is 12.3. The molecule has 0 bridgehead atoms. The van der Waals surface area contributed by atoms with E-state index in [0.717, 1.165) is 28.0 Å². The number of thiophene rings is 1. The Morgan fingerprint density at radius 2 is 1.59 bits per heavy atom. The molecule has 10 heteroatoms. The number of halogens is 1. The molecule has 7 nitrogen and oxygen atoms in total. The predicted molar refractivity (Wildman–Crippen MR) is 152 cm³/mol. The molecule has 0 aliphatic heterocycles. The molecule has 1 N–H and O–H groups in total. The first-order chi connectivity index (χ1) is 18.8. The van der Waals surface area contributed by atoms with Crippen LogP contribution < -0.4 is 4.72 Å². The van der Waals surface area contributed by atoms with Crippen molar-refractivity contribution >= 4 is 45.2 Å². The predicted octanol–water partition coefficient (Wildman–Crippen LogP) is 5.56. The lowest BCUT2D eigenvalue weighted by Crippen LogP contribution is -2.27. The molecule has 4 aromatic rings. The quantitative estimate of drug-likeness (QED) is 0.126. The fraction of sp³-hybridized carbons (Fsp3) is 0.172. The van der Waals surface area contributed by atoms with Gasteiger partial charge < -0.3 is 4.84 Å². The molecule has 0 aliphatic carbocycles. The average Bonchev–Trinajstić information content (AvgIpc) is 3.41. The zero-order valence-corrected chi connectivity index (χ0v) is 23.3. The number of carbonyl (C=O) groups excluding carboxylic acids is 2. The number of carbonyl (C=O) groups is 2. The van der Waals surface area contributed by atoms with Gasteiger partial charge in [0.1, 0.15) is 4.21 Å². The highest BCUT2D eigenvalue weighted by Crippen LogP contribution is 2.28. The first kappa shape index (κ1) is 28.7. The van der Waals surface area contributed by atoms with E-state index in [1.807, 2.05) is 60.7 Å². The second-order valence-electron chi connectivity index (χ2n) is 8.74. The molecule has 1 aromatic heterocycles. The molecule has 202 valence electrons. The van der Waals surface area contributed by atoms with Gasteiger partial charge in [-0.1, -0.05) is 84.4 Å². The van der Waals surface area contributed by atoms with E-state index < -0.39 is 16.0 Å². The number of sulfonamides is 1. The number of nitrogens with zero attached hydrogens (tertiary/aromatic N) is 1. The van der Waals surface area contributed by atoms with E-state index >= 15 is 0 Å². The lowest BCUT2D eigenvalue weighted by molar-refractivity contribution is -0.194. The third kappa shape index (κ3) is 8.32. The van der Waals surface area contributed by atoms with Crippen LogP contribution in [0.5, 0.6) is 0 Å². The Kier molecular flexibility index (Phi) is 10.0. The summed E-state index contributed by atoms with van der Waals surface area (Å²) in [6, 6.07) is 30.2. The molecule has 39 heavy (non-hydrogen) atoms. The first-order valence-electron chi connectivity index (χ1n) is 12.2. The van der Waals surface area contributed by atoms with Crippen molar-refractivity contribution in [1.82, 2.24) is 9.79 Å². The molecule has 1 heterocycles. The normalized spacial score (nSPS) is 11.6. The number of hydrogen-bond donors (Lipinski definition) is 1. The van der Waals surface area contributed by atoms with Gasteiger partial charge in [-0.05, 0) is 47.4 Å². The van der Waals surface area contributed by atoms with Crippen LogP contribution in [0.1, 0.15) is 33.9 Å². The Morgan fingerprint density at radius 1 is 0.923 bits per heavy atom. The van der Waals surface area contributed by atoms with Crippen LogP contribution in [-0.2, 0) is 37.5 Å². The Bertz CT molecular complexity index is 1450. The van der Waals surface area contributed by atoms with Crippen LogP contribution in [0.4, 0.5) is 0 Å². The monoisotopic (exact) mass is 582 g/mol. The fourth-order valence-corrected chi connectivity index (χ4v) is 6.84. The Morgan fingerprint density at radius 3 is 2.21 bits per heavy atom. The fourth-order valence-electron chi connectivity index (χ4n) is 4.17. The van der Waals surface area contributed by atoms with Gasteiger partial charge >= 0.3 is 5.97 Å². The maximum absolute atomic E-state index is 13.1. The maximum atomic E-state index is 13.1. The van der Waals surface area contributed by atoms with E-state index in [9.17, 15) is 18.0 Å². The van der Waals surface area contributed by atoms with E-state index in [1.54, 1.807) is 30.3 Å². The molecule has 0 spiro atoms. The minimum Gasteiger partial charge on any atom is -0.361 e. The van der Waals surface area contributed by atoms with Crippen molar-refractivity contribution < 1.29 is 22.8 Å². The number of aldehydes is 1. The molecule has 0 radical (unpaired) electrons. The number of benzene rings is 3. The minimum atomic E-state index is -3.76. The van der Waals surface area contributed by atoms with Gasteiger partial charge in [-0.25, -0.2) is 17.9 Å². The van der Waals surface area contributed by atoms with Crippen LogP contribution in [0.2, 0.25) is 5.02 Å². The van der Waals surface area contributed by atoms with Gasteiger partial charge in [0.05, 0.1) is 13.1 Å². The molecule has 0 aliphatic rings. The van der Waals surface area contributed by atoms with Gasteiger partial charge in [-0.15, -0.1) is 16.4 Å². The highest BCUT2D eigenvalue weighted by Gasteiger charge is 2.21. The number of nitrogens with one attached hydrogen (secondary N) is 1. The molecule has 0 saturated carbocycles. The largest absolute Gasteiger partial charge is 0.390 e. The Hall–Kier alpha value is -3.34. The topological polar surface area (TPSA) is 92.8 Å². The van der Waals surface area contributed by atoms with E-state index in [2.05, 4.69) is 4.72 Å². The van der Waals surface area contributed by atoms with Gasteiger partial charge in [0.2, 0.25) is 16.3 Å². The summed E-state index contributed by atoms with van der Waals surface area (Å²) in [5.74, 6) is -1.00. The van der Waals surface area contributed by atoms with Crippen LogP contribution >= 0.6 is 22.9 Å². The smallest absolute Gasteiger partial charge is 0.361 e. The molecule has 0 saturated heterocycles. The van der Waals surface area contributed by atoms with Crippen molar-refractivity contribution in [2.45, 2.75) is 29.6 Å². The van der Waals surface area contributed by atoms with Crippen LogP contribution in [0.25, 0.3) is 0 Å².